The number of carbonyl (C=O) groups is 1. The molecule has 0 spiro atoms. The normalized spacial score (nSPS) is 12.2. The molecule has 1 aromatic heterocycles. The highest BCUT2D eigenvalue weighted by molar-refractivity contribution is 5.96. The van der Waals surface area contributed by atoms with Gasteiger partial charge in [-0.05, 0) is 40.7 Å². The van der Waals surface area contributed by atoms with Gasteiger partial charge in [0, 0.05) is 17.8 Å². The van der Waals surface area contributed by atoms with Gasteiger partial charge in [0.05, 0.1) is 16.8 Å². The number of para-hydroxylation sites is 1. The fraction of sp³-hybridized carbons (Fsp3) is 0.444. The van der Waals surface area contributed by atoms with Gasteiger partial charge in [-0.15, -0.1) is 13.2 Å². The number of nitrogens with one attached hydrogen (secondary N) is 1. The van der Waals surface area contributed by atoms with Crippen molar-refractivity contribution in [2.24, 2.45) is 0 Å². The number of alkyl halides is 3. The number of halogens is 3. The van der Waals surface area contributed by atoms with E-state index in [1.165, 1.54) is 18.2 Å². The van der Waals surface area contributed by atoms with Crippen LogP contribution in [0.4, 0.5) is 13.2 Å². The molecule has 0 saturated heterocycles. The molecular weight excluding hydrogens is 347 g/mol. The topological polar surface area (TPSA) is 56.2 Å². The van der Waals surface area contributed by atoms with Gasteiger partial charge in [0.15, 0.2) is 0 Å². The van der Waals surface area contributed by atoms with Crippen LogP contribution in [-0.2, 0) is 12.1 Å². The lowest BCUT2D eigenvalue weighted by Crippen LogP contribution is -2.27. The predicted octanol–water partition coefficient (Wildman–Crippen LogP) is 4.08. The molecule has 0 aliphatic rings. The first-order valence-corrected chi connectivity index (χ1v) is 8.08. The number of aromatic nitrogens is 2. The number of nitrogens with zero attached hydrogens (tertiary/aromatic N) is 2. The Bertz CT molecular complexity index is 805. The summed E-state index contributed by atoms with van der Waals surface area (Å²) in [5.74, 6) is -0.726. The molecule has 26 heavy (non-hydrogen) atoms. The molecule has 0 radical (unpaired) electrons. The molecule has 2 rings (SSSR count). The van der Waals surface area contributed by atoms with E-state index in [2.05, 4.69) is 15.2 Å². The van der Waals surface area contributed by atoms with Gasteiger partial charge in [-0.1, -0.05) is 18.2 Å². The summed E-state index contributed by atoms with van der Waals surface area (Å²) in [5, 5.41) is 7.05. The van der Waals surface area contributed by atoms with Crippen molar-refractivity contribution in [3.63, 3.8) is 0 Å². The lowest BCUT2D eigenvalue weighted by molar-refractivity contribution is -0.274. The Morgan fingerprint density at radius 1 is 1.19 bits per heavy atom. The highest BCUT2D eigenvalue weighted by Crippen LogP contribution is 2.26. The zero-order valence-corrected chi connectivity index (χ0v) is 15.4. The van der Waals surface area contributed by atoms with Crippen LogP contribution in [0.3, 0.4) is 0 Å². The van der Waals surface area contributed by atoms with E-state index in [0.717, 1.165) is 0 Å². The first-order chi connectivity index (χ1) is 11.9. The number of rotatable bonds is 4. The summed E-state index contributed by atoms with van der Waals surface area (Å²) in [5.41, 5.74) is 1.63. The fourth-order valence-corrected chi connectivity index (χ4v) is 2.76. The first-order valence-electron chi connectivity index (χ1n) is 8.08. The smallest absolute Gasteiger partial charge is 0.405 e. The van der Waals surface area contributed by atoms with Crippen molar-refractivity contribution < 1.29 is 22.7 Å². The number of benzene rings is 1. The standard InChI is InChI=1S/C18H22F3N3O2/c1-11-15(12(2)24(23-11)17(3,4)5)16(25)22-10-13-8-6-7-9-14(13)26-18(19,20)21/h6-9H,10H2,1-5H3,(H,22,25). The highest BCUT2D eigenvalue weighted by atomic mass is 19.4. The number of amides is 1. The molecule has 1 amide bonds. The molecule has 0 aliphatic carbocycles. The van der Waals surface area contributed by atoms with Crippen LogP contribution in [0.1, 0.15) is 48.1 Å². The first kappa shape index (κ1) is 19.8. The molecule has 1 heterocycles. The van der Waals surface area contributed by atoms with Gasteiger partial charge in [0.2, 0.25) is 0 Å². The van der Waals surface area contributed by atoms with Crippen molar-refractivity contribution in [2.45, 2.75) is 53.1 Å². The Hall–Kier alpha value is -2.51. The quantitative estimate of drug-likeness (QED) is 0.883. The third kappa shape index (κ3) is 4.56. The van der Waals surface area contributed by atoms with Gasteiger partial charge >= 0.3 is 6.36 Å². The minimum atomic E-state index is -4.79. The maximum atomic E-state index is 12.6. The Kier molecular flexibility index (Phi) is 5.34. The molecule has 0 saturated carbocycles. The SMILES string of the molecule is Cc1nn(C(C)(C)C)c(C)c1C(=O)NCc1ccccc1OC(F)(F)F. The highest BCUT2D eigenvalue weighted by Gasteiger charge is 2.32. The zero-order valence-electron chi connectivity index (χ0n) is 15.4. The molecule has 0 atom stereocenters. The zero-order chi connectivity index (χ0) is 19.7. The van der Waals surface area contributed by atoms with E-state index in [0.29, 0.717) is 17.0 Å². The maximum absolute atomic E-state index is 12.6. The second kappa shape index (κ2) is 7.01. The van der Waals surface area contributed by atoms with E-state index in [-0.39, 0.29) is 23.4 Å². The van der Waals surface area contributed by atoms with Crippen molar-refractivity contribution in [3.05, 3.63) is 46.8 Å². The van der Waals surface area contributed by atoms with E-state index < -0.39 is 12.3 Å². The summed E-state index contributed by atoms with van der Waals surface area (Å²) >= 11 is 0. The summed E-state index contributed by atoms with van der Waals surface area (Å²) < 4.78 is 43.2. The van der Waals surface area contributed by atoms with Gasteiger partial charge < -0.3 is 10.1 Å². The fourth-order valence-electron chi connectivity index (χ4n) is 2.76. The molecule has 5 nitrogen and oxygen atoms in total. The molecule has 142 valence electrons. The predicted molar refractivity (Wildman–Crippen MR) is 91.0 cm³/mol. The van der Waals surface area contributed by atoms with Crippen LogP contribution in [0.25, 0.3) is 0 Å². The van der Waals surface area contributed by atoms with Crippen LogP contribution in [0.5, 0.6) is 5.75 Å². The molecule has 2 aromatic rings. The van der Waals surface area contributed by atoms with E-state index in [1.807, 2.05) is 20.8 Å². The lowest BCUT2D eigenvalue weighted by atomic mass is 10.1. The lowest BCUT2D eigenvalue weighted by Gasteiger charge is -2.21. The number of ether oxygens (including phenoxy) is 1. The third-order valence-corrected chi connectivity index (χ3v) is 3.79. The van der Waals surface area contributed by atoms with Crippen molar-refractivity contribution in [2.75, 3.05) is 0 Å². The Labute approximate surface area is 150 Å². The van der Waals surface area contributed by atoms with Gasteiger partial charge in [0.25, 0.3) is 5.91 Å². The number of hydrogen-bond acceptors (Lipinski definition) is 3. The van der Waals surface area contributed by atoms with Crippen LogP contribution in [0.15, 0.2) is 24.3 Å². The van der Waals surface area contributed by atoms with E-state index in [4.69, 9.17) is 0 Å². The van der Waals surface area contributed by atoms with Crippen LogP contribution in [-0.4, -0.2) is 22.1 Å². The average Bonchev–Trinajstić information content (AvgIpc) is 2.79. The number of carbonyl (C=O) groups excluding carboxylic acids is 1. The summed E-state index contributed by atoms with van der Waals surface area (Å²) in [6.45, 7) is 9.34. The Morgan fingerprint density at radius 2 is 1.81 bits per heavy atom. The van der Waals surface area contributed by atoms with E-state index >= 15 is 0 Å². The molecule has 0 fully saturated rings. The molecular formula is C18H22F3N3O2. The second-order valence-electron chi connectivity index (χ2n) is 6.97. The van der Waals surface area contributed by atoms with Crippen molar-refractivity contribution >= 4 is 5.91 Å². The molecule has 0 unspecified atom stereocenters. The largest absolute Gasteiger partial charge is 0.573 e. The molecule has 0 aliphatic heterocycles. The molecule has 0 bridgehead atoms. The van der Waals surface area contributed by atoms with Gasteiger partial charge in [0.1, 0.15) is 5.75 Å². The Morgan fingerprint density at radius 3 is 2.35 bits per heavy atom. The second-order valence-corrected chi connectivity index (χ2v) is 6.97. The Balaban J connectivity index is 2.20. The van der Waals surface area contributed by atoms with Gasteiger partial charge in [-0.3, -0.25) is 9.48 Å². The van der Waals surface area contributed by atoms with Gasteiger partial charge in [-0.2, -0.15) is 5.10 Å². The molecule has 1 N–H and O–H groups in total. The number of aryl methyl sites for hydroxylation is 1. The average molecular weight is 369 g/mol. The summed E-state index contributed by atoms with van der Waals surface area (Å²) in [7, 11) is 0. The summed E-state index contributed by atoms with van der Waals surface area (Å²) in [4.78, 5) is 12.6. The van der Waals surface area contributed by atoms with Crippen LogP contribution < -0.4 is 10.1 Å². The summed E-state index contributed by atoms with van der Waals surface area (Å²) in [6.07, 6.45) is -4.79. The van der Waals surface area contributed by atoms with Crippen molar-refractivity contribution in [3.8, 4) is 5.75 Å². The third-order valence-electron chi connectivity index (χ3n) is 3.79. The molecule has 1 aromatic carbocycles. The monoisotopic (exact) mass is 369 g/mol. The minimum absolute atomic E-state index is 0.0926. The minimum Gasteiger partial charge on any atom is -0.405 e. The van der Waals surface area contributed by atoms with Crippen LogP contribution in [0, 0.1) is 13.8 Å². The summed E-state index contributed by atoms with van der Waals surface area (Å²) in [6, 6.07) is 5.70. The van der Waals surface area contributed by atoms with Gasteiger partial charge in [-0.25, -0.2) is 0 Å². The number of hydrogen-bond donors (Lipinski definition) is 1. The van der Waals surface area contributed by atoms with E-state index in [1.54, 1.807) is 24.6 Å². The molecule has 8 heteroatoms. The maximum Gasteiger partial charge on any atom is 0.573 e. The van der Waals surface area contributed by atoms with Crippen molar-refractivity contribution in [1.29, 1.82) is 0 Å². The van der Waals surface area contributed by atoms with Crippen molar-refractivity contribution in [1.82, 2.24) is 15.1 Å². The van der Waals surface area contributed by atoms with E-state index in [9.17, 15) is 18.0 Å². The van der Waals surface area contributed by atoms with Crippen LogP contribution in [0.2, 0.25) is 0 Å². The van der Waals surface area contributed by atoms with Crippen LogP contribution >= 0.6 is 0 Å².